The molecule has 0 radical (unpaired) electrons. The summed E-state index contributed by atoms with van der Waals surface area (Å²) in [5, 5.41) is 11.2. The van der Waals surface area contributed by atoms with E-state index >= 15 is 0 Å². The van der Waals surface area contributed by atoms with Crippen LogP contribution in [-0.4, -0.2) is 52.1 Å². The maximum absolute atomic E-state index is 10.0. The van der Waals surface area contributed by atoms with E-state index in [0.717, 1.165) is 50.4 Å². The standard InChI is InChI=1S/C26H31N3O/c1-19-16-29-13-12-28(17-22-11-10-20-6-3-4-9-25(20)27-22)18-23(29)15-26(19,2)21-7-5-8-24(30)14-21/h3-11,14,19,23,30H,12-13,15-18H2,1-2H3. The minimum absolute atomic E-state index is 0.0874. The van der Waals surface area contributed by atoms with Crippen LogP contribution in [0.3, 0.4) is 0 Å². The number of benzene rings is 2. The second-order valence-electron chi connectivity index (χ2n) is 9.45. The largest absolute Gasteiger partial charge is 0.508 e. The Morgan fingerprint density at radius 2 is 1.90 bits per heavy atom. The van der Waals surface area contributed by atoms with Gasteiger partial charge in [0.25, 0.3) is 0 Å². The molecule has 0 saturated carbocycles. The maximum Gasteiger partial charge on any atom is 0.115 e. The van der Waals surface area contributed by atoms with Crippen LogP contribution >= 0.6 is 0 Å². The van der Waals surface area contributed by atoms with Crippen molar-refractivity contribution in [2.24, 2.45) is 5.92 Å². The van der Waals surface area contributed by atoms with E-state index in [-0.39, 0.29) is 5.41 Å². The summed E-state index contributed by atoms with van der Waals surface area (Å²) in [6.45, 7) is 10.1. The van der Waals surface area contributed by atoms with E-state index in [1.807, 2.05) is 12.1 Å². The molecule has 156 valence electrons. The quantitative estimate of drug-likeness (QED) is 0.705. The Labute approximate surface area is 179 Å². The molecule has 2 aliphatic heterocycles. The molecule has 3 aromatic rings. The highest BCUT2D eigenvalue weighted by molar-refractivity contribution is 5.78. The van der Waals surface area contributed by atoms with Crippen LogP contribution in [0, 0.1) is 5.92 Å². The molecule has 2 saturated heterocycles. The lowest BCUT2D eigenvalue weighted by molar-refractivity contribution is -0.00587. The van der Waals surface area contributed by atoms with Crippen molar-refractivity contribution < 1.29 is 5.11 Å². The monoisotopic (exact) mass is 401 g/mol. The van der Waals surface area contributed by atoms with Crippen LogP contribution in [0.4, 0.5) is 0 Å². The number of fused-ring (bicyclic) bond motifs is 2. The van der Waals surface area contributed by atoms with Gasteiger partial charge in [0.2, 0.25) is 0 Å². The molecule has 0 spiro atoms. The average Bonchev–Trinajstić information content (AvgIpc) is 2.75. The number of piperidine rings is 1. The van der Waals surface area contributed by atoms with E-state index < -0.39 is 0 Å². The molecule has 0 bridgehead atoms. The Morgan fingerprint density at radius 1 is 1.03 bits per heavy atom. The first-order valence-electron chi connectivity index (χ1n) is 11.1. The summed E-state index contributed by atoms with van der Waals surface area (Å²) in [5.41, 5.74) is 3.59. The normalized spacial score (nSPS) is 27.8. The fourth-order valence-corrected chi connectivity index (χ4v) is 5.47. The van der Waals surface area contributed by atoms with Crippen molar-refractivity contribution in [2.45, 2.75) is 38.3 Å². The number of nitrogens with zero attached hydrogens (tertiary/aromatic N) is 3. The molecule has 4 nitrogen and oxygen atoms in total. The third-order valence-electron chi connectivity index (χ3n) is 7.49. The molecule has 2 aliphatic rings. The lowest BCUT2D eigenvalue weighted by Gasteiger charge is -2.53. The van der Waals surface area contributed by atoms with E-state index in [2.05, 4.69) is 66.1 Å². The molecule has 1 aromatic heterocycles. The molecule has 3 unspecified atom stereocenters. The van der Waals surface area contributed by atoms with Crippen LogP contribution in [0.5, 0.6) is 5.75 Å². The Balaban J connectivity index is 1.33. The number of phenols is 1. The number of hydrogen-bond acceptors (Lipinski definition) is 4. The highest BCUT2D eigenvalue weighted by Gasteiger charge is 2.44. The maximum atomic E-state index is 10.0. The summed E-state index contributed by atoms with van der Waals surface area (Å²) in [5.74, 6) is 0.931. The van der Waals surface area contributed by atoms with Crippen molar-refractivity contribution in [3.8, 4) is 5.75 Å². The van der Waals surface area contributed by atoms with Gasteiger partial charge >= 0.3 is 0 Å². The molecule has 4 heteroatoms. The van der Waals surface area contributed by atoms with Gasteiger partial charge in [0.15, 0.2) is 0 Å². The topological polar surface area (TPSA) is 39.6 Å². The number of para-hydroxylation sites is 1. The minimum Gasteiger partial charge on any atom is -0.508 e. The van der Waals surface area contributed by atoms with E-state index in [0.29, 0.717) is 17.7 Å². The molecule has 2 aromatic carbocycles. The lowest BCUT2D eigenvalue weighted by Crippen LogP contribution is -2.60. The first kappa shape index (κ1) is 19.5. The number of pyridine rings is 1. The van der Waals surface area contributed by atoms with E-state index in [1.54, 1.807) is 6.07 Å². The van der Waals surface area contributed by atoms with Gasteiger partial charge < -0.3 is 5.11 Å². The predicted octanol–water partition coefficient (Wildman–Crippen LogP) is 4.42. The first-order chi connectivity index (χ1) is 14.5. The van der Waals surface area contributed by atoms with Gasteiger partial charge in [-0.2, -0.15) is 0 Å². The van der Waals surface area contributed by atoms with Crippen LogP contribution in [0.2, 0.25) is 0 Å². The Morgan fingerprint density at radius 3 is 2.77 bits per heavy atom. The zero-order valence-electron chi connectivity index (χ0n) is 18.0. The number of phenolic OH excluding ortho intramolecular Hbond substituents is 1. The molecule has 3 atom stereocenters. The molecular weight excluding hydrogens is 370 g/mol. The van der Waals surface area contributed by atoms with Crippen molar-refractivity contribution in [2.75, 3.05) is 26.2 Å². The Hall–Kier alpha value is -2.43. The van der Waals surface area contributed by atoms with Gasteiger partial charge in [-0.15, -0.1) is 0 Å². The van der Waals surface area contributed by atoms with Crippen molar-refractivity contribution in [1.29, 1.82) is 0 Å². The highest BCUT2D eigenvalue weighted by atomic mass is 16.3. The van der Waals surface area contributed by atoms with Gasteiger partial charge in [-0.25, -0.2) is 0 Å². The summed E-state index contributed by atoms with van der Waals surface area (Å²) in [4.78, 5) is 10.1. The second kappa shape index (κ2) is 7.68. The first-order valence-corrected chi connectivity index (χ1v) is 11.1. The zero-order valence-corrected chi connectivity index (χ0v) is 18.0. The highest BCUT2D eigenvalue weighted by Crippen LogP contribution is 2.43. The van der Waals surface area contributed by atoms with Crippen LogP contribution in [0.25, 0.3) is 10.9 Å². The van der Waals surface area contributed by atoms with Gasteiger partial charge in [-0.3, -0.25) is 14.8 Å². The third kappa shape index (κ3) is 3.59. The van der Waals surface area contributed by atoms with Gasteiger partial charge in [0.05, 0.1) is 11.2 Å². The Kier molecular flexibility index (Phi) is 5.00. The lowest BCUT2D eigenvalue weighted by atomic mass is 9.65. The number of rotatable bonds is 3. The van der Waals surface area contributed by atoms with Crippen molar-refractivity contribution in [3.05, 3.63) is 71.9 Å². The summed E-state index contributed by atoms with van der Waals surface area (Å²) >= 11 is 0. The SMILES string of the molecule is CC1CN2CCN(Cc3ccc4ccccc4n3)CC2CC1(C)c1cccc(O)c1. The molecule has 3 heterocycles. The van der Waals surface area contributed by atoms with Gasteiger partial charge in [0, 0.05) is 44.2 Å². The predicted molar refractivity (Wildman–Crippen MR) is 122 cm³/mol. The summed E-state index contributed by atoms with van der Waals surface area (Å²) in [6, 6.07) is 21.2. The third-order valence-corrected chi connectivity index (χ3v) is 7.49. The molecule has 2 fully saturated rings. The number of aromatic nitrogens is 1. The fraction of sp³-hybridized carbons (Fsp3) is 0.423. The van der Waals surface area contributed by atoms with E-state index in [4.69, 9.17) is 4.98 Å². The molecule has 0 amide bonds. The van der Waals surface area contributed by atoms with Crippen LogP contribution in [0.1, 0.15) is 31.5 Å². The molecule has 30 heavy (non-hydrogen) atoms. The smallest absolute Gasteiger partial charge is 0.115 e. The van der Waals surface area contributed by atoms with Crippen molar-refractivity contribution in [1.82, 2.24) is 14.8 Å². The minimum atomic E-state index is 0.0874. The van der Waals surface area contributed by atoms with E-state index in [9.17, 15) is 5.11 Å². The Bertz CT molecular complexity index is 1050. The van der Waals surface area contributed by atoms with E-state index in [1.165, 1.54) is 10.9 Å². The van der Waals surface area contributed by atoms with Crippen LogP contribution in [-0.2, 0) is 12.0 Å². The summed E-state index contributed by atoms with van der Waals surface area (Å²) < 4.78 is 0. The van der Waals surface area contributed by atoms with Crippen molar-refractivity contribution >= 4 is 10.9 Å². The fourth-order valence-electron chi connectivity index (χ4n) is 5.47. The number of piperazine rings is 1. The number of aromatic hydroxyl groups is 1. The molecule has 1 N–H and O–H groups in total. The van der Waals surface area contributed by atoms with Crippen molar-refractivity contribution in [3.63, 3.8) is 0 Å². The molecule has 5 rings (SSSR count). The average molecular weight is 402 g/mol. The number of hydrogen-bond donors (Lipinski definition) is 1. The van der Waals surface area contributed by atoms with Gasteiger partial charge in [-0.05, 0) is 47.6 Å². The van der Waals surface area contributed by atoms with Crippen LogP contribution in [0.15, 0.2) is 60.7 Å². The molecular formula is C26H31N3O. The zero-order chi connectivity index (χ0) is 20.7. The molecule has 0 aliphatic carbocycles. The van der Waals surface area contributed by atoms with Gasteiger partial charge in [0.1, 0.15) is 5.75 Å². The summed E-state index contributed by atoms with van der Waals surface area (Å²) in [6.07, 6.45) is 1.12. The van der Waals surface area contributed by atoms with Gasteiger partial charge in [-0.1, -0.05) is 50.2 Å². The van der Waals surface area contributed by atoms with Crippen LogP contribution < -0.4 is 0 Å². The second-order valence-corrected chi connectivity index (χ2v) is 9.45. The summed E-state index contributed by atoms with van der Waals surface area (Å²) in [7, 11) is 0.